The molecule has 150 valence electrons. The van der Waals surface area contributed by atoms with Gasteiger partial charge in [-0.05, 0) is 32.0 Å². The van der Waals surface area contributed by atoms with E-state index in [2.05, 4.69) is 14.7 Å². The van der Waals surface area contributed by atoms with Crippen molar-refractivity contribution in [3.63, 3.8) is 0 Å². The van der Waals surface area contributed by atoms with Crippen LogP contribution in [0.2, 0.25) is 0 Å². The molecule has 1 aliphatic heterocycles. The summed E-state index contributed by atoms with van der Waals surface area (Å²) in [5.74, 6) is 1.41. The third kappa shape index (κ3) is 3.69. The van der Waals surface area contributed by atoms with Gasteiger partial charge < -0.3 is 13.8 Å². The first-order valence-electron chi connectivity index (χ1n) is 9.12. The van der Waals surface area contributed by atoms with Gasteiger partial charge in [0.2, 0.25) is 10.0 Å². The van der Waals surface area contributed by atoms with E-state index in [0.29, 0.717) is 37.6 Å². The lowest BCUT2D eigenvalue weighted by Crippen LogP contribution is -2.40. The Morgan fingerprint density at radius 1 is 1.21 bits per heavy atom. The minimum absolute atomic E-state index is 0.270. The summed E-state index contributed by atoms with van der Waals surface area (Å²) in [6.07, 6.45) is 0. The third-order valence-electron chi connectivity index (χ3n) is 4.63. The Morgan fingerprint density at radius 3 is 2.68 bits per heavy atom. The van der Waals surface area contributed by atoms with Gasteiger partial charge in [0.15, 0.2) is 5.16 Å². The van der Waals surface area contributed by atoms with Crippen molar-refractivity contribution >= 4 is 32.8 Å². The highest BCUT2D eigenvalue weighted by Gasteiger charge is 2.27. The highest BCUT2D eigenvalue weighted by Crippen LogP contribution is 2.29. The highest BCUT2D eigenvalue weighted by molar-refractivity contribution is 7.98. The van der Waals surface area contributed by atoms with E-state index in [1.165, 1.54) is 4.31 Å². The molecular formula is C18H22N4O4S2. The van der Waals surface area contributed by atoms with Gasteiger partial charge in [-0.15, -0.1) is 0 Å². The Balaban J connectivity index is 1.64. The molecule has 0 atom stereocenters. The number of fused-ring (bicyclic) bond motifs is 1. The summed E-state index contributed by atoms with van der Waals surface area (Å²) in [6.45, 7) is 6.25. The molecule has 3 heterocycles. The fourth-order valence-corrected chi connectivity index (χ4v) is 5.61. The summed E-state index contributed by atoms with van der Waals surface area (Å²) in [5.41, 5.74) is 2.45. The molecule has 28 heavy (non-hydrogen) atoms. The van der Waals surface area contributed by atoms with E-state index < -0.39 is 10.0 Å². The molecule has 10 heteroatoms. The van der Waals surface area contributed by atoms with E-state index in [1.807, 2.05) is 26.0 Å². The first-order chi connectivity index (χ1) is 13.5. The fourth-order valence-electron chi connectivity index (χ4n) is 3.22. The minimum Gasteiger partial charge on any atom is -0.379 e. The molecule has 4 rings (SSSR count). The van der Waals surface area contributed by atoms with Crippen LogP contribution in [0.1, 0.15) is 18.4 Å². The lowest BCUT2D eigenvalue weighted by Gasteiger charge is -2.26. The molecule has 0 bridgehead atoms. The molecule has 0 aliphatic carbocycles. The smallest absolute Gasteiger partial charge is 0.243 e. The SMILES string of the molecule is CCn1c(SCc2cc(C)on2)nc2cc(S(=O)(=O)N3CCOCC3)ccc21. The van der Waals surface area contributed by atoms with Crippen LogP contribution in [0.3, 0.4) is 0 Å². The van der Waals surface area contributed by atoms with Gasteiger partial charge >= 0.3 is 0 Å². The van der Waals surface area contributed by atoms with Gasteiger partial charge in [-0.25, -0.2) is 13.4 Å². The predicted molar refractivity (Wildman–Crippen MR) is 106 cm³/mol. The molecule has 1 aromatic carbocycles. The number of hydrogen-bond acceptors (Lipinski definition) is 7. The molecule has 0 N–H and O–H groups in total. The number of aryl methyl sites for hydroxylation is 2. The molecule has 0 spiro atoms. The Morgan fingerprint density at radius 2 is 2.00 bits per heavy atom. The van der Waals surface area contributed by atoms with Crippen LogP contribution in [-0.2, 0) is 27.1 Å². The van der Waals surface area contributed by atoms with Gasteiger partial charge in [-0.3, -0.25) is 0 Å². The maximum Gasteiger partial charge on any atom is 0.243 e. The van der Waals surface area contributed by atoms with Crippen molar-refractivity contribution in [2.75, 3.05) is 26.3 Å². The molecule has 0 unspecified atom stereocenters. The van der Waals surface area contributed by atoms with Gasteiger partial charge in [-0.1, -0.05) is 16.9 Å². The molecular weight excluding hydrogens is 400 g/mol. The maximum absolute atomic E-state index is 12.9. The van der Waals surface area contributed by atoms with Crippen LogP contribution in [0, 0.1) is 6.92 Å². The number of imidazole rings is 1. The number of nitrogens with zero attached hydrogens (tertiary/aromatic N) is 4. The van der Waals surface area contributed by atoms with E-state index in [0.717, 1.165) is 28.7 Å². The van der Waals surface area contributed by atoms with E-state index in [4.69, 9.17) is 9.26 Å². The van der Waals surface area contributed by atoms with Crippen LogP contribution >= 0.6 is 11.8 Å². The lowest BCUT2D eigenvalue weighted by atomic mass is 10.3. The zero-order chi connectivity index (χ0) is 19.7. The molecule has 1 aliphatic rings. The summed E-state index contributed by atoms with van der Waals surface area (Å²) < 4.78 is 39.8. The van der Waals surface area contributed by atoms with E-state index in [1.54, 1.807) is 23.9 Å². The topological polar surface area (TPSA) is 90.5 Å². The highest BCUT2D eigenvalue weighted by atomic mass is 32.2. The van der Waals surface area contributed by atoms with Crippen LogP contribution in [0.25, 0.3) is 11.0 Å². The van der Waals surface area contributed by atoms with Crippen LogP contribution in [-0.4, -0.2) is 53.7 Å². The molecule has 3 aromatic rings. The number of benzene rings is 1. The van der Waals surface area contributed by atoms with E-state index in [9.17, 15) is 8.42 Å². The molecule has 2 aromatic heterocycles. The van der Waals surface area contributed by atoms with Crippen molar-refractivity contribution in [3.05, 3.63) is 35.7 Å². The standard InChI is InChI=1S/C18H22N4O4S2/c1-3-22-17-5-4-15(28(23,24)21-6-8-25-9-7-21)11-16(17)19-18(22)27-12-14-10-13(2)26-20-14/h4-5,10-11H,3,6-9,12H2,1-2H3. The Kier molecular flexibility index (Phi) is 5.46. The summed E-state index contributed by atoms with van der Waals surface area (Å²) in [5, 5.41) is 4.84. The summed E-state index contributed by atoms with van der Waals surface area (Å²) >= 11 is 1.56. The maximum atomic E-state index is 12.9. The third-order valence-corrected chi connectivity index (χ3v) is 7.54. The first kappa shape index (κ1) is 19.4. The van der Waals surface area contributed by atoms with Crippen molar-refractivity contribution < 1.29 is 17.7 Å². The zero-order valence-corrected chi connectivity index (χ0v) is 17.4. The second kappa shape index (κ2) is 7.86. The van der Waals surface area contributed by atoms with Gasteiger partial charge in [0, 0.05) is 31.5 Å². The monoisotopic (exact) mass is 422 g/mol. The van der Waals surface area contributed by atoms with Crippen LogP contribution in [0.15, 0.2) is 38.8 Å². The molecule has 0 saturated carbocycles. The number of hydrogen-bond donors (Lipinski definition) is 0. The number of morpholine rings is 1. The fraction of sp³-hybridized carbons (Fsp3) is 0.444. The zero-order valence-electron chi connectivity index (χ0n) is 15.8. The second-order valence-corrected chi connectivity index (χ2v) is 9.40. The lowest BCUT2D eigenvalue weighted by molar-refractivity contribution is 0.0730. The van der Waals surface area contributed by atoms with Crippen molar-refractivity contribution in [1.82, 2.24) is 19.0 Å². The van der Waals surface area contributed by atoms with Crippen molar-refractivity contribution in [3.8, 4) is 0 Å². The van der Waals surface area contributed by atoms with Crippen molar-refractivity contribution in [2.45, 2.75) is 36.2 Å². The molecule has 1 fully saturated rings. The predicted octanol–water partition coefficient (Wildman–Crippen LogP) is 2.67. The van der Waals surface area contributed by atoms with Gasteiger partial charge in [0.1, 0.15) is 5.76 Å². The normalized spacial score (nSPS) is 16.1. The largest absolute Gasteiger partial charge is 0.379 e. The number of sulfonamides is 1. The quantitative estimate of drug-likeness (QED) is 0.564. The van der Waals surface area contributed by atoms with E-state index >= 15 is 0 Å². The summed E-state index contributed by atoms with van der Waals surface area (Å²) in [6, 6.07) is 7.06. The second-order valence-electron chi connectivity index (χ2n) is 6.52. The summed E-state index contributed by atoms with van der Waals surface area (Å²) in [4.78, 5) is 4.95. The molecule has 8 nitrogen and oxygen atoms in total. The number of ether oxygens (including phenoxy) is 1. The minimum atomic E-state index is -3.54. The van der Waals surface area contributed by atoms with Gasteiger partial charge in [0.25, 0.3) is 0 Å². The van der Waals surface area contributed by atoms with Gasteiger partial charge in [-0.2, -0.15) is 4.31 Å². The number of aromatic nitrogens is 3. The average molecular weight is 423 g/mol. The Hall–Kier alpha value is -1.88. The molecule has 1 saturated heterocycles. The Labute approximate surface area is 167 Å². The van der Waals surface area contributed by atoms with E-state index in [-0.39, 0.29) is 4.90 Å². The van der Waals surface area contributed by atoms with Crippen LogP contribution in [0.5, 0.6) is 0 Å². The van der Waals surface area contributed by atoms with Gasteiger partial charge in [0.05, 0.1) is 34.8 Å². The first-order valence-corrected chi connectivity index (χ1v) is 11.5. The van der Waals surface area contributed by atoms with Crippen molar-refractivity contribution in [1.29, 1.82) is 0 Å². The number of rotatable bonds is 6. The van der Waals surface area contributed by atoms with Crippen LogP contribution in [0.4, 0.5) is 0 Å². The summed E-state index contributed by atoms with van der Waals surface area (Å²) in [7, 11) is -3.54. The Bertz CT molecular complexity index is 1080. The van der Waals surface area contributed by atoms with Crippen molar-refractivity contribution in [2.24, 2.45) is 0 Å². The number of thioether (sulfide) groups is 1. The molecule has 0 radical (unpaired) electrons. The average Bonchev–Trinajstić information content (AvgIpc) is 3.28. The molecule has 0 amide bonds. The van der Waals surface area contributed by atoms with Crippen LogP contribution < -0.4 is 0 Å².